The number of hydrogen-bond donors (Lipinski definition) is 1. The molecule has 1 nitrogen and oxygen atoms in total. The molecular formula is C15H14ClNS. The lowest BCUT2D eigenvalue weighted by Crippen LogP contribution is -1.86. The van der Waals surface area contributed by atoms with Gasteiger partial charge >= 0.3 is 0 Å². The van der Waals surface area contributed by atoms with Gasteiger partial charge in [0.05, 0.1) is 5.02 Å². The highest BCUT2D eigenvalue weighted by Crippen LogP contribution is 2.36. The van der Waals surface area contributed by atoms with E-state index in [1.165, 1.54) is 35.3 Å². The van der Waals surface area contributed by atoms with Crippen molar-refractivity contribution in [3.8, 4) is 0 Å². The molecule has 2 N–H and O–H groups in total. The summed E-state index contributed by atoms with van der Waals surface area (Å²) in [5.74, 6) is 0. The number of hydrogen-bond acceptors (Lipinski definition) is 2. The number of aryl methyl sites for hydroxylation is 2. The number of halogens is 1. The Morgan fingerprint density at radius 2 is 1.83 bits per heavy atom. The molecule has 0 saturated carbocycles. The summed E-state index contributed by atoms with van der Waals surface area (Å²) in [4.78, 5) is 2.31. The Labute approximate surface area is 116 Å². The fourth-order valence-electron chi connectivity index (χ4n) is 2.34. The van der Waals surface area contributed by atoms with Crippen LogP contribution < -0.4 is 5.73 Å². The maximum atomic E-state index is 6.20. The topological polar surface area (TPSA) is 26.0 Å². The Kier molecular flexibility index (Phi) is 3.23. The molecule has 0 aliphatic heterocycles. The summed E-state index contributed by atoms with van der Waals surface area (Å²) in [5.41, 5.74) is 9.40. The molecule has 0 atom stereocenters. The van der Waals surface area contributed by atoms with E-state index in [4.69, 9.17) is 17.3 Å². The number of nitrogens with two attached hydrogens (primary N) is 1. The normalized spacial score (nSPS) is 13.6. The molecule has 0 heterocycles. The van der Waals surface area contributed by atoms with Gasteiger partial charge < -0.3 is 5.73 Å². The molecule has 0 radical (unpaired) electrons. The first-order valence-corrected chi connectivity index (χ1v) is 7.26. The molecule has 1 aliphatic rings. The molecule has 0 bridgehead atoms. The van der Waals surface area contributed by atoms with E-state index in [1.807, 2.05) is 12.1 Å². The van der Waals surface area contributed by atoms with Crippen LogP contribution in [0.1, 0.15) is 17.5 Å². The highest BCUT2D eigenvalue weighted by molar-refractivity contribution is 7.99. The van der Waals surface area contributed by atoms with Crippen molar-refractivity contribution in [3.63, 3.8) is 0 Å². The molecule has 2 aromatic carbocycles. The average molecular weight is 276 g/mol. The second kappa shape index (κ2) is 4.87. The van der Waals surface area contributed by atoms with Crippen LogP contribution in [-0.4, -0.2) is 0 Å². The van der Waals surface area contributed by atoms with Gasteiger partial charge in [-0.05, 0) is 60.7 Å². The van der Waals surface area contributed by atoms with E-state index in [0.29, 0.717) is 5.69 Å². The van der Waals surface area contributed by atoms with E-state index in [1.54, 1.807) is 17.8 Å². The van der Waals surface area contributed by atoms with Crippen LogP contribution in [0.2, 0.25) is 5.02 Å². The number of nitrogen functional groups attached to an aromatic ring is 1. The lowest BCUT2D eigenvalue weighted by molar-refractivity contribution is 0.911. The van der Waals surface area contributed by atoms with Gasteiger partial charge in [0, 0.05) is 15.5 Å². The minimum atomic E-state index is 0.707. The third kappa shape index (κ3) is 2.36. The number of anilines is 1. The summed E-state index contributed by atoms with van der Waals surface area (Å²) >= 11 is 7.90. The highest BCUT2D eigenvalue weighted by atomic mass is 35.5. The van der Waals surface area contributed by atoms with Gasteiger partial charge in [0.1, 0.15) is 0 Å². The summed E-state index contributed by atoms with van der Waals surface area (Å²) in [5, 5.41) is 0.723. The predicted octanol–water partition coefficient (Wildman–Crippen LogP) is 4.56. The lowest BCUT2D eigenvalue weighted by atomic mass is 10.1. The van der Waals surface area contributed by atoms with Gasteiger partial charge in [-0.2, -0.15) is 0 Å². The van der Waals surface area contributed by atoms with Crippen LogP contribution >= 0.6 is 23.4 Å². The molecule has 0 unspecified atom stereocenters. The zero-order chi connectivity index (χ0) is 12.5. The Hall–Kier alpha value is -1.12. The number of benzene rings is 2. The molecule has 1 aliphatic carbocycles. The predicted molar refractivity (Wildman–Crippen MR) is 78.5 cm³/mol. The van der Waals surface area contributed by atoms with Crippen LogP contribution in [0.3, 0.4) is 0 Å². The first-order valence-electron chi connectivity index (χ1n) is 6.07. The first kappa shape index (κ1) is 11.9. The zero-order valence-electron chi connectivity index (χ0n) is 9.95. The van der Waals surface area contributed by atoms with E-state index in [-0.39, 0.29) is 0 Å². The van der Waals surface area contributed by atoms with Crippen LogP contribution in [0.4, 0.5) is 5.69 Å². The Morgan fingerprint density at radius 3 is 2.67 bits per heavy atom. The maximum absolute atomic E-state index is 6.20. The van der Waals surface area contributed by atoms with E-state index in [2.05, 4.69) is 18.2 Å². The van der Waals surface area contributed by atoms with Gasteiger partial charge in [-0.1, -0.05) is 29.4 Å². The van der Waals surface area contributed by atoms with Crippen molar-refractivity contribution in [1.29, 1.82) is 0 Å². The Bertz CT molecular complexity index is 595. The van der Waals surface area contributed by atoms with Crippen molar-refractivity contribution in [1.82, 2.24) is 0 Å². The molecule has 0 amide bonds. The third-order valence-corrected chi connectivity index (χ3v) is 4.74. The number of fused-ring (bicyclic) bond motifs is 1. The maximum Gasteiger partial charge on any atom is 0.0565 e. The van der Waals surface area contributed by atoms with Gasteiger partial charge in [0.25, 0.3) is 0 Å². The van der Waals surface area contributed by atoms with E-state index < -0.39 is 0 Å². The minimum absolute atomic E-state index is 0.707. The van der Waals surface area contributed by atoms with Crippen LogP contribution in [0.5, 0.6) is 0 Å². The van der Waals surface area contributed by atoms with Gasteiger partial charge in [-0.25, -0.2) is 0 Å². The molecule has 0 fully saturated rings. The monoisotopic (exact) mass is 275 g/mol. The highest BCUT2D eigenvalue weighted by Gasteiger charge is 2.11. The standard InChI is InChI=1S/C15H14ClNS/c16-14-9-12(17)5-7-15(14)18-13-6-4-10-2-1-3-11(10)8-13/h4-9H,1-3,17H2. The summed E-state index contributed by atoms with van der Waals surface area (Å²) < 4.78 is 0. The molecular weight excluding hydrogens is 262 g/mol. The average Bonchev–Trinajstić information content (AvgIpc) is 2.80. The minimum Gasteiger partial charge on any atom is -0.399 e. The van der Waals surface area contributed by atoms with Crippen LogP contribution in [0.25, 0.3) is 0 Å². The molecule has 0 spiro atoms. The Morgan fingerprint density at radius 1 is 1.00 bits per heavy atom. The van der Waals surface area contributed by atoms with Crippen LogP contribution in [0, 0.1) is 0 Å². The van der Waals surface area contributed by atoms with Crippen molar-refractivity contribution in [2.75, 3.05) is 5.73 Å². The van der Waals surface area contributed by atoms with Crippen molar-refractivity contribution in [2.24, 2.45) is 0 Å². The smallest absolute Gasteiger partial charge is 0.0565 e. The molecule has 18 heavy (non-hydrogen) atoms. The fraction of sp³-hybridized carbons (Fsp3) is 0.200. The van der Waals surface area contributed by atoms with Crippen molar-refractivity contribution >= 4 is 29.1 Å². The van der Waals surface area contributed by atoms with Crippen molar-refractivity contribution < 1.29 is 0 Å². The van der Waals surface area contributed by atoms with E-state index >= 15 is 0 Å². The molecule has 0 saturated heterocycles. The second-order valence-corrected chi connectivity index (χ2v) is 6.10. The Balaban J connectivity index is 1.88. The molecule has 3 rings (SSSR count). The summed E-state index contributed by atoms with van der Waals surface area (Å²) in [7, 11) is 0. The summed E-state index contributed by atoms with van der Waals surface area (Å²) in [6.45, 7) is 0. The number of rotatable bonds is 2. The second-order valence-electron chi connectivity index (χ2n) is 4.58. The largest absolute Gasteiger partial charge is 0.399 e. The van der Waals surface area contributed by atoms with E-state index in [9.17, 15) is 0 Å². The summed E-state index contributed by atoms with van der Waals surface area (Å²) in [6.07, 6.45) is 3.72. The lowest BCUT2D eigenvalue weighted by Gasteiger charge is -2.07. The van der Waals surface area contributed by atoms with Crippen LogP contribution in [-0.2, 0) is 12.8 Å². The first-order chi connectivity index (χ1) is 8.72. The molecule has 92 valence electrons. The summed E-state index contributed by atoms with van der Waals surface area (Å²) in [6, 6.07) is 12.4. The van der Waals surface area contributed by atoms with Gasteiger partial charge in [-0.15, -0.1) is 0 Å². The van der Waals surface area contributed by atoms with Crippen LogP contribution in [0.15, 0.2) is 46.2 Å². The molecule has 2 aromatic rings. The SMILES string of the molecule is Nc1ccc(Sc2ccc3c(c2)CCC3)c(Cl)c1. The van der Waals surface area contributed by atoms with Gasteiger partial charge in [-0.3, -0.25) is 0 Å². The zero-order valence-corrected chi connectivity index (χ0v) is 11.5. The van der Waals surface area contributed by atoms with Gasteiger partial charge in [0.15, 0.2) is 0 Å². The fourth-order valence-corrected chi connectivity index (χ4v) is 3.53. The van der Waals surface area contributed by atoms with Crippen molar-refractivity contribution in [3.05, 3.63) is 52.5 Å². The van der Waals surface area contributed by atoms with Crippen molar-refractivity contribution in [2.45, 2.75) is 29.1 Å². The van der Waals surface area contributed by atoms with E-state index in [0.717, 1.165) is 9.92 Å². The quantitative estimate of drug-likeness (QED) is 0.813. The molecule has 3 heteroatoms. The molecule has 0 aromatic heterocycles. The third-order valence-electron chi connectivity index (χ3n) is 3.25. The van der Waals surface area contributed by atoms with Gasteiger partial charge in [0.2, 0.25) is 0 Å².